The third kappa shape index (κ3) is 3.64. The third-order valence-electron chi connectivity index (χ3n) is 7.33. The Kier molecular flexibility index (Phi) is 7.18. The van der Waals surface area contributed by atoms with Crippen LogP contribution in [-0.4, -0.2) is 79.7 Å². The molecule has 0 heterocycles. The highest BCUT2D eigenvalue weighted by Crippen LogP contribution is 2.55. The number of phenolic OH excluding ortho intramolecular Hbond substituents is 1. The van der Waals surface area contributed by atoms with Crippen molar-refractivity contribution in [3.05, 3.63) is 58.4 Å². The summed E-state index contributed by atoms with van der Waals surface area (Å²) in [5.41, 5.74) is 1.47. The zero-order chi connectivity index (χ0) is 27.3. The van der Waals surface area contributed by atoms with E-state index in [4.69, 9.17) is 5.73 Å². The van der Waals surface area contributed by atoms with Gasteiger partial charge in [0.1, 0.15) is 22.8 Å². The standard InChI is InChI=1S/C22H24N2O8.C4H8/c1-7-8-5-4-6-9(25)11(8)16(26)12-10(7)17(27)14-15(24(2)3)18(28)13(21(23)31)20(30)22(14,32)19(12)29;1-3-4-2/h4-7,10,14-15,17,25-27,30,32H,1-3H3,(H2,23,31);3-4H,1-2H3/b;4-3+/t7?,10?,14?,15?,17?,22-;/m0./s1. The summed E-state index contributed by atoms with van der Waals surface area (Å²) in [5.74, 6) is -8.87. The number of hydrogen-bond acceptors (Lipinski definition) is 9. The number of amides is 1. The van der Waals surface area contributed by atoms with Gasteiger partial charge >= 0.3 is 0 Å². The minimum Gasteiger partial charge on any atom is -0.508 e. The Morgan fingerprint density at radius 2 is 1.69 bits per heavy atom. The topological polar surface area (TPSA) is 182 Å². The monoisotopic (exact) mass is 500 g/mol. The highest BCUT2D eigenvalue weighted by atomic mass is 16.4. The van der Waals surface area contributed by atoms with Crippen molar-refractivity contribution < 1.29 is 39.9 Å². The van der Waals surface area contributed by atoms with Gasteiger partial charge in [0.15, 0.2) is 11.4 Å². The number of carbonyl (C=O) groups is 3. The van der Waals surface area contributed by atoms with Gasteiger partial charge in [-0.2, -0.15) is 0 Å². The quantitative estimate of drug-likeness (QED) is 0.256. The summed E-state index contributed by atoms with van der Waals surface area (Å²) in [6, 6.07) is 3.13. The van der Waals surface area contributed by atoms with Crippen molar-refractivity contribution in [3.63, 3.8) is 0 Å². The van der Waals surface area contributed by atoms with Crippen LogP contribution in [0, 0.1) is 11.8 Å². The lowest BCUT2D eigenvalue weighted by Crippen LogP contribution is -2.70. The highest BCUT2D eigenvalue weighted by Gasteiger charge is 2.68. The number of carbonyl (C=O) groups excluding carboxylic acids is 3. The molecule has 1 aromatic rings. The molecule has 0 aromatic heterocycles. The van der Waals surface area contributed by atoms with Crippen molar-refractivity contribution in [1.82, 2.24) is 4.90 Å². The number of rotatable bonds is 2. The maximum atomic E-state index is 13.7. The summed E-state index contributed by atoms with van der Waals surface area (Å²) in [6.07, 6.45) is 2.41. The van der Waals surface area contributed by atoms with Crippen LogP contribution in [0.2, 0.25) is 0 Å². The molecule has 10 nitrogen and oxygen atoms in total. The number of fused-ring (bicyclic) bond motifs is 3. The van der Waals surface area contributed by atoms with Gasteiger partial charge in [0, 0.05) is 11.5 Å². The number of nitrogens with zero attached hydrogens (tertiary/aromatic N) is 1. The van der Waals surface area contributed by atoms with Gasteiger partial charge < -0.3 is 31.3 Å². The molecular weight excluding hydrogens is 468 g/mol. The van der Waals surface area contributed by atoms with E-state index in [0.717, 1.165) is 0 Å². The molecule has 0 radical (unpaired) electrons. The van der Waals surface area contributed by atoms with Gasteiger partial charge in [0.05, 0.1) is 23.6 Å². The molecule has 194 valence electrons. The van der Waals surface area contributed by atoms with Gasteiger partial charge in [-0.25, -0.2) is 0 Å². The second-order valence-corrected chi connectivity index (χ2v) is 9.46. The Bertz CT molecular complexity index is 1210. The van der Waals surface area contributed by atoms with Gasteiger partial charge in [-0.3, -0.25) is 19.3 Å². The number of primary amides is 1. The first-order valence-electron chi connectivity index (χ1n) is 11.5. The first-order valence-corrected chi connectivity index (χ1v) is 11.5. The number of nitrogens with two attached hydrogens (primary N) is 1. The Hall–Kier alpha value is -3.47. The number of benzene rings is 1. The third-order valence-corrected chi connectivity index (χ3v) is 7.33. The average molecular weight is 501 g/mol. The van der Waals surface area contributed by atoms with Crippen LogP contribution < -0.4 is 5.73 Å². The first-order chi connectivity index (χ1) is 16.8. The van der Waals surface area contributed by atoms with Gasteiger partial charge in [0.2, 0.25) is 5.78 Å². The van der Waals surface area contributed by atoms with Gasteiger partial charge in [-0.05, 0) is 45.5 Å². The van der Waals surface area contributed by atoms with E-state index in [9.17, 15) is 39.9 Å². The lowest BCUT2D eigenvalue weighted by atomic mass is 9.54. The lowest BCUT2D eigenvalue weighted by molar-refractivity contribution is -0.169. The number of aliphatic hydroxyl groups excluding tert-OH is 3. The molecule has 5 unspecified atom stereocenters. The van der Waals surface area contributed by atoms with E-state index in [1.807, 2.05) is 26.0 Å². The Balaban J connectivity index is 0.000000840. The zero-order valence-corrected chi connectivity index (χ0v) is 20.8. The SMILES string of the molecule is C/C=C/C.CC1c2cccc(O)c2C(O)=C2C(=O)[C@]3(O)C(O)=C(C(N)=O)C(=O)C(N(C)C)C3C(O)C21. The second-order valence-electron chi connectivity index (χ2n) is 9.46. The smallest absolute Gasteiger partial charge is 0.255 e. The largest absolute Gasteiger partial charge is 0.508 e. The van der Waals surface area contributed by atoms with E-state index >= 15 is 0 Å². The van der Waals surface area contributed by atoms with Crippen LogP contribution in [0.5, 0.6) is 5.75 Å². The maximum Gasteiger partial charge on any atom is 0.255 e. The number of Topliss-reactive ketones (excluding diaryl/α,β-unsaturated/α-hetero) is 2. The second kappa shape index (κ2) is 9.53. The van der Waals surface area contributed by atoms with Crippen molar-refractivity contribution in [2.75, 3.05) is 14.1 Å². The summed E-state index contributed by atoms with van der Waals surface area (Å²) < 4.78 is 0. The number of phenols is 1. The van der Waals surface area contributed by atoms with Crippen LogP contribution in [0.3, 0.4) is 0 Å². The summed E-state index contributed by atoms with van der Waals surface area (Å²) in [6.45, 7) is 5.68. The van der Waals surface area contributed by atoms with Crippen molar-refractivity contribution in [2.45, 2.75) is 44.4 Å². The maximum absolute atomic E-state index is 13.7. The van der Waals surface area contributed by atoms with Crippen LogP contribution in [0.4, 0.5) is 0 Å². The van der Waals surface area contributed by atoms with E-state index < -0.39 is 75.6 Å². The minimum absolute atomic E-state index is 0.0245. The molecule has 10 heteroatoms. The molecule has 0 saturated heterocycles. The van der Waals surface area contributed by atoms with E-state index in [1.54, 1.807) is 19.1 Å². The minimum atomic E-state index is -2.89. The molecule has 4 rings (SSSR count). The molecule has 1 fully saturated rings. The van der Waals surface area contributed by atoms with E-state index in [1.165, 1.54) is 25.1 Å². The van der Waals surface area contributed by atoms with E-state index in [2.05, 4.69) is 0 Å². The normalized spacial score (nSPS) is 31.6. The van der Waals surface area contributed by atoms with Gasteiger partial charge in [-0.1, -0.05) is 31.2 Å². The molecule has 3 aliphatic rings. The predicted molar refractivity (Wildman–Crippen MR) is 131 cm³/mol. The Labute approximate surface area is 208 Å². The molecule has 1 aromatic carbocycles. The Morgan fingerprint density at radius 3 is 2.19 bits per heavy atom. The zero-order valence-electron chi connectivity index (χ0n) is 20.8. The average Bonchev–Trinajstić information content (AvgIpc) is 2.81. The van der Waals surface area contributed by atoms with Crippen molar-refractivity contribution >= 4 is 23.2 Å². The van der Waals surface area contributed by atoms with E-state index in [-0.39, 0.29) is 11.3 Å². The number of aromatic hydroxyl groups is 1. The fourth-order valence-corrected chi connectivity index (χ4v) is 5.58. The van der Waals surface area contributed by atoms with Crippen LogP contribution in [0.1, 0.15) is 37.8 Å². The fraction of sp³-hybridized carbons (Fsp3) is 0.423. The highest BCUT2D eigenvalue weighted by molar-refractivity contribution is 6.24. The predicted octanol–water partition coefficient (Wildman–Crippen LogP) is 1.08. The molecular formula is C26H32N2O8. The molecule has 0 aliphatic heterocycles. The summed E-state index contributed by atoms with van der Waals surface area (Å²) in [5, 5.41) is 54.9. The van der Waals surface area contributed by atoms with Crippen LogP contribution in [-0.2, 0) is 14.4 Å². The number of aliphatic hydroxyl groups is 4. The summed E-state index contributed by atoms with van der Waals surface area (Å²) in [7, 11) is 2.92. The molecule has 1 amide bonds. The number of likely N-dealkylation sites (N-methyl/N-ethyl adjacent to an activating group) is 1. The van der Waals surface area contributed by atoms with Crippen molar-refractivity contribution in [3.8, 4) is 5.75 Å². The van der Waals surface area contributed by atoms with Gasteiger partial charge in [-0.15, -0.1) is 0 Å². The number of allylic oxidation sites excluding steroid dienone is 2. The lowest BCUT2D eigenvalue weighted by Gasteiger charge is -2.53. The number of hydrogen-bond donors (Lipinski definition) is 6. The fourth-order valence-electron chi connectivity index (χ4n) is 5.58. The molecule has 1 saturated carbocycles. The first kappa shape index (κ1) is 27.1. The molecule has 36 heavy (non-hydrogen) atoms. The summed E-state index contributed by atoms with van der Waals surface area (Å²) in [4.78, 5) is 40.0. The molecule has 0 bridgehead atoms. The molecule has 0 spiro atoms. The molecule has 7 N–H and O–H groups in total. The molecule has 6 atom stereocenters. The summed E-state index contributed by atoms with van der Waals surface area (Å²) >= 11 is 0. The van der Waals surface area contributed by atoms with Gasteiger partial charge in [0.25, 0.3) is 5.91 Å². The van der Waals surface area contributed by atoms with Crippen molar-refractivity contribution in [2.24, 2.45) is 17.6 Å². The van der Waals surface area contributed by atoms with Crippen LogP contribution in [0.15, 0.2) is 47.3 Å². The number of ketones is 2. The van der Waals surface area contributed by atoms with Crippen LogP contribution in [0.25, 0.3) is 5.76 Å². The van der Waals surface area contributed by atoms with E-state index in [0.29, 0.717) is 5.56 Å². The van der Waals surface area contributed by atoms with Crippen molar-refractivity contribution in [1.29, 1.82) is 0 Å². The Morgan fingerprint density at radius 1 is 1.11 bits per heavy atom. The molecule has 3 aliphatic carbocycles. The van der Waals surface area contributed by atoms with Crippen LogP contribution >= 0.6 is 0 Å².